The first kappa shape index (κ1) is 8.88. The van der Waals surface area contributed by atoms with E-state index in [1.807, 2.05) is 4.98 Å². The summed E-state index contributed by atoms with van der Waals surface area (Å²) < 4.78 is 10.7. The third-order valence-electron chi connectivity index (χ3n) is 1.28. The Kier molecular flexibility index (Phi) is 2.25. The van der Waals surface area contributed by atoms with Gasteiger partial charge in [-0.15, -0.1) is 0 Å². The molecule has 0 saturated carbocycles. The molecule has 1 unspecified atom stereocenters. The molecular formula is C5H7N3O3S. The Balaban J connectivity index is 3.60. The highest BCUT2D eigenvalue weighted by molar-refractivity contribution is 7.82. The van der Waals surface area contributed by atoms with Crippen molar-refractivity contribution in [3.8, 4) is 0 Å². The fourth-order valence-corrected chi connectivity index (χ4v) is 1.42. The van der Waals surface area contributed by atoms with Gasteiger partial charge in [0.2, 0.25) is 0 Å². The topological polar surface area (TPSA) is 109 Å². The summed E-state index contributed by atoms with van der Waals surface area (Å²) in [5.41, 5.74) is -1.12. The first-order chi connectivity index (χ1) is 5.52. The Morgan fingerprint density at radius 3 is 2.33 bits per heavy atom. The minimum Gasteiger partial charge on any atom is -0.310 e. The monoisotopic (exact) mass is 189 g/mol. The van der Waals surface area contributed by atoms with Gasteiger partial charge in [-0.2, -0.15) is 0 Å². The summed E-state index contributed by atoms with van der Waals surface area (Å²) in [7, 11) is -1.87. The second-order valence-electron chi connectivity index (χ2n) is 2.16. The van der Waals surface area contributed by atoms with Gasteiger partial charge < -0.3 is 4.98 Å². The number of H-pyrrole nitrogens is 2. The molecule has 0 amide bonds. The van der Waals surface area contributed by atoms with E-state index in [-0.39, 0.29) is 10.6 Å². The van der Waals surface area contributed by atoms with E-state index >= 15 is 0 Å². The fraction of sp³-hybridized carbons (Fsp3) is 0.200. The molecule has 0 fully saturated rings. The molecule has 1 aromatic rings. The second-order valence-corrected chi connectivity index (χ2v) is 3.16. The molecule has 0 bridgehead atoms. The lowest BCUT2D eigenvalue weighted by atomic mass is 10.4. The van der Waals surface area contributed by atoms with Gasteiger partial charge in [-0.25, -0.2) is 14.1 Å². The third-order valence-corrected chi connectivity index (χ3v) is 2.17. The SMILES string of the molecule is Cc1[nH]c(=O)[nH]c(=O)c1S(N)=O. The summed E-state index contributed by atoms with van der Waals surface area (Å²) in [6.07, 6.45) is 0. The lowest BCUT2D eigenvalue weighted by Crippen LogP contribution is -2.29. The summed E-state index contributed by atoms with van der Waals surface area (Å²) in [5, 5.41) is 5.00. The number of hydrogen-bond donors (Lipinski definition) is 3. The first-order valence-electron chi connectivity index (χ1n) is 3.01. The summed E-state index contributed by atoms with van der Waals surface area (Å²) in [4.78, 5) is 25.7. The third kappa shape index (κ3) is 1.51. The molecule has 7 heteroatoms. The highest BCUT2D eigenvalue weighted by Crippen LogP contribution is 1.96. The van der Waals surface area contributed by atoms with Crippen molar-refractivity contribution in [3.05, 3.63) is 26.5 Å². The second kappa shape index (κ2) is 3.03. The molecule has 1 heterocycles. The smallest absolute Gasteiger partial charge is 0.310 e. The summed E-state index contributed by atoms with van der Waals surface area (Å²) in [6, 6.07) is 0. The van der Waals surface area contributed by atoms with Crippen molar-refractivity contribution in [3.63, 3.8) is 0 Å². The predicted molar refractivity (Wildman–Crippen MR) is 43.0 cm³/mol. The van der Waals surface area contributed by atoms with Crippen LogP contribution in [0.15, 0.2) is 14.5 Å². The van der Waals surface area contributed by atoms with Gasteiger partial charge in [0.05, 0.1) is 0 Å². The fourth-order valence-electron chi connectivity index (χ4n) is 0.831. The molecule has 1 rings (SSSR count). The van der Waals surface area contributed by atoms with E-state index in [4.69, 9.17) is 5.14 Å². The summed E-state index contributed by atoms with van der Waals surface area (Å²) in [5.74, 6) is 0. The van der Waals surface area contributed by atoms with Gasteiger partial charge >= 0.3 is 5.69 Å². The molecule has 0 radical (unpaired) electrons. The number of rotatable bonds is 1. The molecule has 6 nitrogen and oxygen atoms in total. The van der Waals surface area contributed by atoms with Crippen molar-refractivity contribution in [2.45, 2.75) is 11.8 Å². The summed E-state index contributed by atoms with van der Waals surface area (Å²) >= 11 is 0. The van der Waals surface area contributed by atoms with Gasteiger partial charge in [0, 0.05) is 5.69 Å². The zero-order chi connectivity index (χ0) is 9.30. The van der Waals surface area contributed by atoms with Gasteiger partial charge in [0.15, 0.2) is 0 Å². The zero-order valence-electron chi connectivity index (χ0n) is 6.21. The molecule has 0 aromatic carbocycles. The van der Waals surface area contributed by atoms with Crippen molar-refractivity contribution >= 4 is 11.0 Å². The van der Waals surface area contributed by atoms with Crippen LogP contribution in [0.1, 0.15) is 5.69 Å². The Labute approximate surface area is 69.4 Å². The van der Waals surface area contributed by atoms with Crippen LogP contribution in [0.2, 0.25) is 0 Å². The van der Waals surface area contributed by atoms with E-state index < -0.39 is 22.2 Å². The normalized spacial score (nSPS) is 12.8. The molecule has 1 aromatic heterocycles. The Morgan fingerprint density at radius 1 is 1.33 bits per heavy atom. The lowest BCUT2D eigenvalue weighted by Gasteiger charge is -1.97. The molecule has 0 aliphatic rings. The molecule has 0 aliphatic carbocycles. The maximum absolute atomic E-state index is 11.0. The van der Waals surface area contributed by atoms with E-state index in [9.17, 15) is 13.8 Å². The van der Waals surface area contributed by atoms with Crippen LogP contribution < -0.4 is 16.4 Å². The first-order valence-corrected chi connectivity index (χ1v) is 4.23. The van der Waals surface area contributed by atoms with Crippen LogP contribution in [0.3, 0.4) is 0 Å². The van der Waals surface area contributed by atoms with Crippen molar-refractivity contribution < 1.29 is 4.21 Å². The number of nitrogens with two attached hydrogens (primary N) is 1. The van der Waals surface area contributed by atoms with Gasteiger partial charge in [-0.1, -0.05) is 0 Å². The minimum absolute atomic E-state index is 0.102. The van der Waals surface area contributed by atoms with E-state index in [2.05, 4.69) is 4.98 Å². The maximum Gasteiger partial charge on any atom is 0.325 e. The van der Waals surface area contributed by atoms with Crippen LogP contribution in [0.25, 0.3) is 0 Å². The van der Waals surface area contributed by atoms with Crippen LogP contribution in [0.4, 0.5) is 0 Å². The molecule has 12 heavy (non-hydrogen) atoms. The number of hydrogen-bond acceptors (Lipinski definition) is 3. The average molecular weight is 189 g/mol. The van der Waals surface area contributed by atoms with E-state index in [0.717, 1.165) is 0 Å². The highest BCUT2D eigenvalue weighted by atomic mass is 32.2. The highest BCUT2D eigenvalue weighted by Gasteiger charge is 2.08. The van der Waals surface area contributed by atoms with Gasteiger partial charge in [0.25, 0.3) is 5.56 Å². The van der Waals surface area contributed by atoms with Crippen LogP contribution >= 0.6 is 0 Å². The van der Waals surface area contributed by atoms with E-state index in [1.54, 1.807) is 0 Å². The number of aromatic nitrogens is 2. The maximum atomic E-state index is 11.0. The zero-order valence-corrected chi connectivity index (χ0v) is 7.03. The van der Waals surface area contributed by atoms with Crippen molar-refractivity contribution in [1.29, 1.82) is 0 Å². The van der Waals surface area contributed by atoms with E-state index in [1.165, 1.54) is 6.92 Å². The van der Waals surface area contributed by atoms with Crippen LogP contribution in [0.5, 0.6) is 0 Å². The predicted octanol–water partition coefficient (Wildman–Crippen LogP) is -1.65. The van der Waals surface area contributed by atoms with Crippen LogP contribution in [-0.2, 0) is 11.0 Å². The van der Waals surface area contributed by atoms with Crippen LogP contribution in [0, 0.1) is 6.92 Å². The molecule has 0 spiro atoms. The largest absolute Gasteiger partial charge is 0.325 e. The standard InChI is InChI=1S/C5H7N3O3S/c1-2-3(12(6)11)4(9)8-5(10)7-2/h6H2,1H3,(H2,7,8,9,10). The van der Waals surface area contributed by atoms with Crippen molar-refractivity contribution in [2.24, 2.45) is 5.14 Å². The molecule has 4 N–H and O–H groups in total. The Bertz CT molecular complexity index is 432. The van der Waals surface area contributed by atoms with Gasteiger partial charge in [0.1, 0.15) is 15.9 Å². The molecule has 0 saturated heterocycles. The minimum atomic E-state index is -1.87. The Hall–Kier alpha value is -1.21. The van der Waals surface area contributed by atoms with Crippen molar-refractivity contribution in [2.75, 3.05) is 0 Å². The number of aromatic amines is 2. The quantitative estimate of drug-likeness (QED) is 0.492. The van der Waals surface area contributed by atoms with Crippen LogP contribution in [-0.4, -0.2) is 14.2 Å². The van der Waals surface area contributed by atoms with Gasteiger partial charge in [-0.05, 0) is 6.92 Å². The number of nitrogens with one attached hydrogen (secondary N) is 2. The molecule has 66 valence electrons. The Morgan fingerprint density at radius 2 is 1.92 bits per heavy atom. The molecular weight excluding hydrogens is 182 g/mol. The average Bonchev–Trinajstić information content (AvgIpc) is 1.82. The molecule has 0 aliphatic heterocycles. The van der Waals surface area contributed by atoms with Gasteiger partial charge in [-0.3, -0.25) is 9.78 Å². The van der Waals surface area contributed by atoms with Crippen molar-refractivity contribution in [1.82, 2.24) is 9.97 Å². The number of aryl methyl sites for hydroxylation is 1. The summed E-state index contributed by atoms with van der Waals surface area (Å²) in [6.45, 7) is 1.46. The van der Waals surface area contributed by atoms with E-state index in [0.29, 0.717) is 0 Å². The lowest BCUT2D eigenvalue weighted by molar-refractivity contribution is 0.681. The molecule has 1 atom stereocenters.